The number of nitrogens with one attached hydrogen (secondary N) is 1. The van der Waals surface area contributed by atoms with Crippen LogP contribution in [0.5, 0.6) is 0 Å². The molecule has 0 radical (unpaired) electrons. The molecule has 0 spiro atoms. The van der Waals surface area contributed by atoms with Gasteiger partial charge in [0, 0.05) is 18.8 Å². The molecular weight excluding hydrogens is 324 g/mol. The van der Waals surface area contributed by atoms with Gasteiger partial charge in [-0.3, -0.25) is 4.79 Å². The molecule has 26 heavy (non-hydrogen) atoms. The number of carbonyl (C=O) groups is 1. The van der Waals surface area contributed by atoms with Crippen molar-refractivity contribution in [3.05, 3.63) is 65.7 Å². The summed E-state index contributed by atoms with van der Waals surface area (Å²) in [6.45, 7) is 0.845. The molecule has 0 atom stereocenters. The van der Waals surface area contributed by atoms with Gasteiger partial charge in [0.1, 0.15) is 0 Å². The van der Waals surface area contributed by atoms with Crippen molar-refractivity contribution in [2.75, 3.05) is 25.0 Å². The van der Waals surface area contributed by atoms with Crippen LogP contribution in [0.15, 0.2) is 54.6 Å². The van der Waals surface area contributed by atoms with Crippen LogP contribution < -0.4 is 5.32 Å². The maximum absolute atomic E-state index is 12.4. The molecule has 5 heteroatoms. The summed E-state index contributed by atoms with van der Waals surface area (Å²) in [4.78, 5) is 14.0. The molecule has 0 heterocycles. The quantitative estimate of drug-likeness (QED) is 0.755. The molecule has 0 aliphatic heterocycles. The minimum atomic E-state index is -0.106. The molecule has 0 bridgehead atoms. The summed E-state index contributed by atoms with van der Waals surface area (Å²) in [5, 5.41) is 20.7. The lowest BCUT2D eigenvalue weighted by Gasteiger charge is -2.21. The molecule has 2 rings (SSSR count). The second-order valence-corrected chi connectivity index (χ2v) is 5.87. The third kappa shape index (κ3) is 5.96. The van der Waals surface area contributed by atoms with Crippen LogP contribution in [0.4, 0.5) is 5.69 Å². The van der Waals surface area contributed by atoms with Crippen LogP contribution in [-0.2, 0) is 11.2 Å². The van der Waals surface area contributed by atoms with Gasteiger partial charge in [-0.05, 0) is 23.6 Å². The Bertz CT molecular complexity index is 772. The summed E-state index contributed by atoms with van der Waals surface area (Å²) in [6, 6.07) is 22.2. The number of amides is 1. The Labute approximate surface area is 154 Å². The SMILES string of the molecule is N#CCCN(CCC#N)C(=O)CNc1ccccc1Cc1ccccc1. The van der Waals surface area contributed by atoms with E-state index in [9.17, 15) is 4.79 Å². The first kappa shape index (κ1) is 19.0. The minimum absolute atomic E-state index is 0.106. The van der Waals surface area contributed by atoms with E-state index < -0.39 is 0 Å². The lowest BCUT2D eigenvalue weighted by atomic mass is 10.0. The first-order chi connectivity index (χ1) is 12.7. The van der Waals surface area contributed by atoms with Crippen molar-refractivity contribution in [1.82, 2.24) is 4.90 Å². The molecule has 0 aliphatic rings. The van der Waals surface area contributed by atoms with Gasteiger partial charge in [-0.2, -0.15) is 10.5 Å². The molecular formula is C21H22N4O. The van der Waals surface area contributed by atoms with Gasteiger partial charge in [-0.25, -0.2) is 0 Å². The minimum Gasteiger partial charge on any atom is -0.376 e. The van der Waals surface area contributed by atoms with Crippen molar-refractivity contribution in [3.63, 3.8) is 0 Å². The second-order valence-electron chi connectivity index (χ2n) is 5.87. The molecule has 2 aromatic carbocycles. The molecule has 0 aliphatic carbocycles. The van der Waals surface area contributed by atoms with Gasteiger partial charge in [0.25, 0.3) is 0 Å². The number of hydrogen-bond donors (Lipinski definition) is 1. The van der Waals surface area contributed by atoms with Crippen LogP contribution in [0.25, 0.3) is 0 Å². The molecule has 0 fully saturated rings. The molecule has 0 saturated carbocycles. The third-order valence-electron chi connectivity index (χ3n) is 4.02. The Balaban J connectivity index is 2.00. The topological polar surface area (TPSA) is 79.9 Å². The van der Waals surface area contributed by atoms with Crippen LogP contribution in [0, 0.1) is 22.7 Å². The zero-order valence-corrected chi connectivity index (χ0v) is 14.7. The Morgan fingerprint density at radius 1 is 0.923 bits per heavy atom. The monoisotopic (exact) mass is 346 g/mol. The molecule has 0 saturated heterocycles. The first-order valence-electron chi connectivity index (χ1n) is 8.62. The smallest absolute Gasteiger partial charge is 0.241 e. The first-order valence-corrected chi connectivity index (χ1v) is 8.62. The van der Waals surface area contributed by atoms with Crippen molar-refractivity contribution in [2.24, 2.45) is 0 Å². The van der Waals surface area contributed by atoms with E-state index in [-0.39, 0.29) is 25.3 Å². The number of nitriles is 2. The van der Waals surface area contributed by atoms with Crippen molar-refractivity contribution < 1.29 is 4.79 Å². The molecule has 2 aromatic rings. The van der Waals surface area contributed by atoms with Gasteiger partial charge in [0.05, 0.1) is 31.5 Å². The van der Waals surface area contributed by atoms with E-state index in [0.717, 1.165) is 17.7 Å². The van der Waals surface area contributed by atoms with Gasteiger partial charge in [-0.15, -0.1) is 0 Å². The average Bonchev–Trinajstić information content (AvgIpc) is 2.68. The number of carbonyl (C=O) groups excluding carboxylic acids is 1. The summed E-state index contributed by atoms with van der Waals surface area (Å²) in [7, 11) is 0. The summed E-state index contributed by atoms with van der Waals surface area (Å²) >= 11 is 0. The molecule has 0 unspecified atom stereocenters. The molecule has 132 valence electrons. The fourth-order valence-electron chi connectivity index (χ4n) is 2.68. The molecule has 1 amide bonds. The van der Waals surface area contributed by atoms with Gasteiger partial charge >= 0.3 is 0 Å². The number of anilines is 1. The molecule has 0 aromatic heterocycles. The number of nitrogens with zero attached hydrogens (tertiary/aromatic N) is 3. The number of hydrogen-bond acceptors (Lipinski definition) is 4. The average molecular weight is 346 g/mol. The van der Waals surface area contributed by atoms with Crippen molar-refractivity contribution in [1.29, 1.82) is 10.5 Å². The lowest BCUT2D eigenvalue weighted by molar-refractivity contribution is -0.129. The van der Waals surface area contributed by atoms with E-state index in [4.69, 9.17) is 10.5 Å². The summed E-state index contributed by atoms with van der Waals surface area (Å²) < 4.78 is 0. The fraction of sp³-hybridized carbons (Fsp3) is 0.286. The maximum atomic E-state index is 12.4. The summed E-state index contributed by atoms with van der Waals surface area (Å²) in [5.74, 6) is -0.106. The van der Waals surface area contributed by atoms with E-state index in [0.29, 0.717) is 13.1 Å². The van der Waals surface area contributed by atoms with Crippen LogP contribution in [0.1, 0.15) is 24.0 Å². The molecule has 1 N–H and O–H groups in total. The van der Waals surface area contributed by atoms with Crippen molar-refractivity contribution in [2.45, 2.75) is 19.3 Å². The standard InChI is InChI=1S/C21H22N4O/c22-12-6-14-25(15-7-13-23)21(26)17-24-20-11-5-4-10-19(20)16-18-8-2-1-3-9-18/h1-5,8-11,24H,6-7,14-17H2. The predicted octanol–water partition coefficient (Wildman–Crippen LogP) is 3.35. The Morgan fingerprint density at radius 2 is 1.54 bits per heavy atom. The number of rotatable bonds is 9. The maximum Gasteiger partial charge on any atom is 0.241 e. The summed E-state index contributed by atoms with van der Waals surface area (Å²) in [5.41, 5.74) is 3.25. The summed E-state index contributed by atoms with van der Waals surface area (Å²) in [6.07, 6.45) is 1.31. The van der Waals surface area contributed by atoms with Gasteiger partial charge in [0.2, 0.25) is 5.91 Å². The van der Waals surface area contributed by atoms with E-state index in [1.807, 2.05) is 54.6 Å². The Morgan fingerprint density at radius 3 is 2.19 bits per heavy atom. The van der Waals surface area contributed by atoms with E-state index >= 15 is 0 Å². The van der Waals surface area contributed by atoms with Crippen LogP contribution in [-0.4, -0.2) is 30.4 Å². The van der Waals surface area contributed by atoms with Crippen molar-refractivity contribution >= 4 is 11.6 Å². The fourth-order valence-corrected chi connectivity index (χ4v) is 2.68. The largest absolute Gasteiger partial charge is 0.376 e. The highest BCUT2D eigenvalue weighted by Crippen LogP contribution is 2.19. The van der Waals surface area contributed by atoms with Crippen LogP contribution in [0.3, 0.4) is 0 Å². The normalized spacial score (nSPS) is 9.77. The van der Waals surface area contributed by atoms with E-state index in [1.54, 1.807) is 4.90 Å². The van der Waals surface area contributed by atoms with Gasteiger partial charge in [0.15, 0.2) is 0 Å². The highest BCUT2D eigenvalue weighted by atomic mass is 16.2. The Kier molecular flexibility index (Phi) is 7.71. The number of para-hydroxylation sites is 1. The number of benzene rings is 2. The van der Waals surface area contributed by atoms with Gasteiger partial charge in [-0.1, -0.05) is 48.5 Å². The predicted molar refractivity (Wildman–Crippen MR) is 101 cm³/mol. The zero-order chi connectivity index (χ0) is 18.6. The van der Waals surface area contributed by atoms with E-state index in [1.165, 1.54) is 5.56 Å². The highest BCUT2D eigenvalue weighted by Gasteiger charge is 2.13. The molecule has 5 nitrogen and oxygen atoms in total. The Hall–Kier alpha value is -3.31. The second kappa shape index (κ2) is 10.5. The van der Waals surface area contributed by atoms with Crippen LogP contribution >= 0.6 is 0 Å². The lowest BCUT2D eigenvalue weighted by Crippen LogP contribution is -2.37. The van der Waals surface area contributed by atoms with Crippen LogP contribution in [0.2, 0.25) is 0 Å². The third-order valence-corrected chi connectivity index (χ3v) is 4.02. The van der Waals surface area contributed by atoms with Gasteiger partial charge < -0.3 is 10.2 Å². The highest BCUT2D eigenvalue weighted by molar-refractivity contribution is 5.81. The zero-order valence-electron chi connectivity index (χ0n) is 14.7. The van der Waals surface area contributed by atoms with E-state index in [2.05, 4.69) is 17.4 Å². The van der Waals surface area contributed by atoms with Crippen molar-refractivity contribution in [3.8, 4) is 12.1 Å².